The highest BCUT2D eigenvalue weighted by Crippen LogP contribution is 2.30. The van der Waals surface area contributed by atoms with Crippen LogP contribution in [0.1, 0.15) is 10.6 Å². The molecule has 0 aliphatic heterocycles. The average Bonchev–Trinajstić information content (AvgIpc) is 3.25. The number of anilines is 1. The van der Waals surface area contributed by atoms with Gasteiger partial charge in [-0.25, -0.2) is 9.97 Å². The third-order valence-electron chi connectivity index (χ3n) is 3.43. The molecule has 0 radical (unpaired) electrons. The first-order chi connectivity index (χ1) is 11.2. The normalized spacial score (nSPS) is 11.0. The molecule has 4 aromatic rings. The summed E-state index contributed by atoms with van der Waals surface area (Å²) in [6, 6.07) is 9.72. The molecule has 3 heterocycles. The van der Waals surface area contributed by atoms with Gasteiger partial charge in [-0.1, -0.05) is 18.2 Å². The molecule has 0 unspecified atom stereocenters. The number of imidazole rings is 1. The van der Waals surface area contributed by atoms with Gasteiger partial charge in [0.1, 0.15) is 11.3 Å². The van der Waals surface area contributed by atoms with Gasteiger partial charge >= 0.3 is 0 Å². The van der Waals surface area contributed by atoms with E-state index >= 15 is 0 Å². The Kier molecular flexibility index (Phi) is 3.20. The highest BCUT2D eigenvalue weighted by molar-refractivity contribution is 7.14. The van der Waals surface area contributed by atoms with Crippen molar-refractivity contribution in [3.8, 4) is 11.5 Å². The van der Waals surface area contributed by atoms with Gasteiger partial charge in [0.2, 0.25) is 0 Å². The number of carbonyl (C=O) groups is 1. The first-order valence-corrected chi connectivity index (χ1v) is 7.82. The standard InChI is InChI=1S/C16H12N4O2S/c1-20-7-6-17-14(20)15(21)19-16-18-11(9-23-16)13-8-10-4-2-3-5-12(10)22-13/h2-9H,1H3,(H,18,19,21). The number of nitrogens with one attached hydrogen (secondary N) is 1. The monoisotopic (exact) mass is 324 g/mol. The van der Waals surface area contributed by atoms with Crippen LogP contribution in [0.15, 0.2) is 52.5 Å². The Morgan fingerprint density at radius 3 is 3.00 bits per heavy atom. The minimum absolute atomic E-state index is 0.289. The number of fused-ring (bicyclic) bond motifs is 1. The molecule has 114 valence electrons. The molecule has 0 fully saturated rings. The van der Waals surface area contributed by atoms with E-state index in [0.29, 0.717) is 22.4 Å². The summed E-state index contributed by atoms with van der Waals surface area (Å²) in [7, 11) is 1.77. The number of aryl methyl sites for hydroxylation is 1. The van der Waals surface area contributed by atoms with Crippen molar-refractivity contribution in [2.24, 2.45) is 7.05 Å². The van der Waals surface area contributed by atoms with E-state index in [-0.39, 0.29) is 5.91 Å². The van der Waals surface area contributed by atoms with Crippen molar-refractivity contribution in [2.75, 3.05) is 5.32 Å². The topological polar surface area (TPSA) is 73.0 Å². The number of aromatic nitrogens is 3. The van der Waals surface area contributed by atoms with E-state index in [1.54, 1.807) is 24.0 Å². The molecule has 1 aromatic carbocycles. The van der Waals surface area contributed by atoms with Gasteiger partial charge in [-0.15, -0.1) is 11.3 Å². The first-order valence-electron chi connectivity index (χ1n) is 6.94. The molecule has 1 N–H and O–H groups in total. The summed E-state index contributed by atoms with van der Waals surface area (Å²) < 4.78 is 7.43. The zero-order chi connectivity index (χ0) is 15.8. The number of furan rings is 1. The third-order valence-corrected chi connectivity index (χ3v) is 4.18. The van der Waals surface area contributed by atoms with Gasteiger partial charge < -0.3 is 8.98 Å². The average molecular weight is 324 g/mol. The highest BCUT2D eigenvalue weighted by Gasteiger charge is 2.15. The van der Waals surface area contributed by atoms with Crippen LogP contribution in [0.25, 0.3) is 22.4 Å². The molecule has 0 spiro atoms. The fourth-order valence-corrected chi connectivity index (χ4v) is 2.98. The summed E-state index contributed by atoms with van der Waals surface area (Å²) in [5.41, 5.74) is 1.51. The van der Waals surface area contributed by atoms with Crippen LogP contribution in [0.3, 0.4) is 0 Å². The van der Waals surface area contributed by atoms with Gasteiger partial charge in [-0.3, -0.25) is 10.1 Å². The molecular weight excluding hydrogens is 312 g/mol. The van der Waals surface area contributed by atoms with Crippen LogP contribution in [0.4, 0.5) is 5.13 Å². The fraction of sp³-hybridized carbons (Fsp3) is 0.0625. The van der Waals surface area contributed by atoms with Gasteiger partial charge in [-0.2, -0.15) is 0 Å². The summed E-state index contributed by atoms with van der Waals surface area (Å²) in [6.45, 7) is 0. The molecule has 3 aromatic heterocycles. The Balaban J connectivity index is 1.59. The maximum atomic E-state index is 12.1. The lowest BCUT2D eigenvalue weighted by molar-refractivity contribution is 0.101. The number of benzene rings is 1. The summed E-state index contributed by atoms with van der Waals surface area (Å²) in [4.78, 5) is 20.6. The summed E-state index contributed by atoms with van der Waals surface area (Å²) in [5, 5.41) is 6.14. The van der Waals surface area contributed by atoms with E-state index in [0.717, 1.165) is 11.0 Å². The van der Waals surface area contributed by atoms with Crippen molar-refractivity contribution < 1.29 is 9.21 Å². The van der Waals surface area contributed by atoms with E-state index in [2.05, 4.69) is 15.3 Å². The number of hydrogen-bond acceptors (Lipinski definition) is 5. The quantitative estimate of drug-likeness (QED) is 0.625. The molecule has 1 amide bonds. The predicted molar refractivity (Wildman–Crippen MR) is 88.5 cm³/mol. The van der Waals surface area contributed by atoms with Crippen LogP contribution in [0.2, 0.25) is 0 Å². The molecule has 7 heteroatoms. The molecular formula is C16H12N4O2S. The van der Waals surface area contributed by atoms with Crippen molar-refractivity contribution in [2.45, 2.75) is 0 Å². The Morgan fingerprint density at radius 2 is 2.22 bits per heavy atom. The lowest BCUT2D eigenvalue weighted by atomic mass is 10.2. The van der Waals surface area contributed by atoms with Gasteiger partial charge in [0.25, 0.3) is 5.91 Å². The van der Waals surface area contributed by atoms with Crippen molar-refractivity contribution in [3.05, 3.63) is 53.9 Å². The molecule has 0 atom stereocenters. The van der Waals surface area contributed by atoms with Gasteiger partial charge in [0.15, 0.2) is 16.7 Å². The van der Waals surface area contributed by atoms with Crippen LogP contribution in [0, 0.1) is 0 Å². The van der Waals surface area contributed by atoms with Crippen LogP contribution in [-0.2, 0) is 7.05 Å². The maximum absolute atomic E-state index is 12.1. The number of carbonyl (C=O) groups excluding carboxylic acids is 1. The number of nitrogens with zero attached hydrogens (tertiary/aromatic N) is 3. The molecule has 0 bridgehead atoms. The van der Waals surface area contributed by atoms with Gasteiger partial charge in [-0.05, 0) is 12.1 Å². The van der Waals surface area contributed by atoms with Crippen LogP contribution in [-0.4, -0.2) is 20.4 Å². The predicted octanol–water partition coefficient (Wildman–Crippen LogP) is 3.54. The van der Waals surface area contributed by atoms with Crippen molar-refractivity contribution in [1.29, 1.82) is 0 Å². The Morgan fingerprint density at radius 1 is 1.35 bits per heavy atom. The van der Waals surface area contributed by atoms with Crippen LogP contribution in [0.5, 0.6) is 0 Å². The number of hydrogen-bond donors (Lipinski definition) is 1. The number of thiazole rings is 1. The molecule has 0 saturated carbocycles. The second-order valence-corrected chi connectivity index (χ2v) is 5.86. The van der Waals surface area contributed by atoms with E-state index < -0.39 is 0 Å². The van der Waals surface area contributed by atoms with E-state index in [1.807, 2.05) is 35.7 Å². The molecule has 4 rings (SSSR count). The molecule has 6 nitrogen and oxygen atoms in total. The Labute approximate surface area is 135 Å². The lowest BCUT2D eigenvalue weighted by Gasteiger charge is -2.00. The van der Waals surface area contributed by atoms with E-state index in [1.165, 1.54) is 11.3 Å². The highest BCUT2D eigenvalue weighted by atomic mass is 32.1. The second-order valence-electron chi connectivity index (χ2n) is 5.00. The number of rotatable bonds is 3. The number of para-hydroxylation sites is 1. The SMILES string of the molecule is Cn1ccnc1C(=O)Nc1nc(-c2cc3ccccc3o2)cs1. The zero-order valence-corrected chi connectivity index (χ0v) is 13.0. The lowest BCUT2D eigenvalue weighted by Crippen LogP contribution is -2.16. The summed E-state index contributed by atoms with van der Waals surface area (Å²) in [6.07, 6.45) is 3.30. The zero-order valence-electron chi connectivity index (χ0n) is 12.2. The van der Waals surface area contributed by atoms with Crippen molar-refractivity contribution >= 4 is 33.3 Å². The largest absolute Gasteiger partial charge is 0.454 e. The minimum atomic E-state index is -0.289. The smallest absolute Gasteiger partial charge is 0.293 e. The summed E-state index contributed by atoms with van der Waals surface area (Å²) >= 11 is 1.35. The molecule has 0 aliphatic rings. The maximum Gasteiger partial charge on any atom is 0.293 e. The molecule has 0 aliphatic carbocycles. The van der Waals surface area contributed by atoms with Crippen molar-refractivity contribution in [3.63, 3.8) is 0 Å². The summed E-state index contributed by atoms with van der Waals surface area (Å²) in [5.74, 6) is 0.730. The van der Waals surface area contributed by atoms with Crippen LogP contribution >= 0.6 is 11.3 Å². The molecule has 0 saturated heterocycles. The third kappa shape index (κ3) is 2.51. The van der Waals surface area contributed by atoms with Crippen molar-refractivity contribution in [1.82, 2.24) is 14.5 Å². The Bertz CT molecular complexity index is 965. The Hall–Kier alpha value is -2.93. The second kappa shape index (κ2) is 5.36. The van der Waals surface area contributed by atoms with Gasteiger partial charge in [0.05, 0.1) is 0 Å². The fourth-order valence-electron chi connectivity index (χ4n) is 2.29. The number of amides is 1. The minimum Gasteiger partial charge on any atom is -0.454 e. The molecule has 23 heavy (non-hydrogen) atoms. The van der Waals surface area contributed by atoms with E-state index in [4.69, 9.17) is 4.42 Å². The van der Waals surface area contributed by atoms with Gasteiger partial charge in [0, 0.05) is 30.2 Å². The van der Waals surface area contributed by atoms with E-state index in [9.17, 15) is 4.79 Å². The first kappa shape index (κ1) is 13.7. The van der Waals surface area contributed by atoms with Crippen LogP contribution < -0.4 is 5.32 Å².